The van der Waals surface area contributed by atoms with Crippen molar-refractivity contribution in [3.63, 3.8) is 0 Å². The third kappa shape index (κ3) is 7.41. The number of nitrogens with one attached hydrogen (secondary N) is 2. The number of piperidine rings is 1. The summed E-state index contributed by atoms with van der Waals surface area (Å²) in [5, 5.41) is 6.19. The van der Waals surface area contributed by atoms with Gasteiger partial charge in [-0.05, 0) is 92.8 Å². The van der Waals surface area contributed by atoms with Crippen molar-refractivity contribution in [1.29, 1.82) is 0 Å². The molecule has 2 N–H and O–H groups in total. The van der Waals surface area contributed by atoms with Gasteiger partial charge in [-0.1, -0.05) is 25.1 Å². The lowest BCUT2D eigenvalue weighted by atomic mass is 9.84. The number of rotatable bonds is 9. The van der Waals surface area contributed by atoms with Gasteiger partial charge in [0.2, 0.25) is 5.91 Å². The fraction of sp³-hybridized carbons (Fsp3) is 0.600. The summed E-state index contributed by atoms with van der Waals surface area (Å²) in [4.78, 5) is 31.5. The molecule has 3 saturated heterocycles. The van der Waals surface area contributed by atoms with E-state index in [1.807, 2.05) is 13.0 Å². The molecule has 234 valence electrons. The molecule has 0 bridgehead atoms. The van der Waals surface area contributed by atoms with Crippen LogP contribution in [0.3, 0.4) is 0 Å². The van der Waals surface area contributed by atoms with Crippen molar-refractivity contribution in [2.75, 3.05) is 57.5 Å². The highest BCUT2D eigenvalue weighted by molar-refractivity contribution is 5.99. The average Bonchev–Trinajstić information content (AvgIpc) is 3.00. The van der Waals surface area contributed by atoms with E-state index in [1.54, 1.807) is 0 Å². The number of hydrogen-bond donors (Lipinski definition) is 2. The van der Waals surface area contributed by atoms with Crippen LogP contribution in [0.2, 0.25) is 0 Å². The zero-order chi connectivity index (χ0) is 30.5. The maximum absolute atomic E-state index is 13.9. The van der Waals surface area contributed by atoms with E-state index in [9.17, 15) is 9.59 Å². The quantitative estimate of drug-likeness (QED) is 0.441. The summed E-state index contributed by atoms with van der Waals surface area (Å²) in [5.41, 5.74) is 7.47. The molecule has 3 fully saturated rings. The predicted octanol–water partition coefficient (Wildman–Crippen LogP) is 4.70. The minimum absolute atomic E-state index is 0.0297. The molecule has 3 aliphatic rings. The van der Waals surface area contributed by atoms with E-state index in [-0.39, 0.29) is 29.7 Å². The van der Waals surface area contributed by atoms with Gasteiger partial charge in [0.1, 0.15) is 0 Å². The summed E-state index contributed by atoms with van der Waals surface area (Å²) in [6.45, 7) is 17.7. The number of amides is 2. The number of nitrogens with zero attached hydrogens (tertiary/aromatic N) is 2. The average molecular weight is 591 g/mol. The van der Waals surface area contributed by atoms with Gasteiger partial charge < -0.3 is 25.0 Å². The zero-order valence-corrected chi connectivity index (χ0v) is 26.7. The SMILES string of the molecule is CCN(c1cc(-c2ccc(CN3CCOCC3)c(C)c2)cc(C(=O)NCC2C(=O)NC(C)CC2C)c1C)C1CCOCC1. The maximum atomic E-state index is 13.9. The molecule has 0 aliphatic carbocycles. The molecular formula is C35H50N4O4. The molecule has 2 aromatic carbocycles. The third-order valence-electron chi connectivity index (χ3n) is 9.70. The molecule has 3 unspecified atom stereocenters. The first-order chi connectivity index (χ1) is 20.7. The Bertz CT molecular complexity index is 1280. The largest absolute Gasteiger partial charge is 0.381 e. The van der Waals surface area contributed by atoms with Gasteiger partial charge in [0.15, 0.2) is 0 Å². The van der Waals surface area contributed by atoms with E-state index in [4.69, 9.17) is 9.47 Å². The highest BCUT2D eigenvalue weighted by atomic mass is 16.5. The van der Waals surface area contributed by atoms with Crippen LogP contribution in [-0.4, -0.2) is 81.4 Å². The first-order valence-corrected chi connectivity index (χ1v) is 16.2. The highest BCUT2D eigenvalue weighted by Crippen LogP contribution is 2.35. The molecule has 2 amide bonds. The number of ether oxygens (including phenoxy) is 2. The second-order valence-electron chi connectivity index (χ2n) is 12.8. The van der Waals surface area contributed by atoms with Crippen molar-refractivity contribution < 1.29 is 19.1 Å². The topological polar surface area (TPSA) is 83.1 Å². The van der Waals surface area contributed by atoms with Crippen molar-refractivity contribution in [2.45, 2.75) is 72.5 Å². The lowest BCUT2D eigenvalue weighted by molar-refractivity contribution is -0.129. The Morgan fingerprint density at radius 2 is 1.74 bits per heavy atom. The summed E-state index contributed by atoms with van der Waals surface area (Å²) < 4.78 is 11.2. The second-order valence-corrected chi connectivity index (χ2v) is 12.8. The monoisotopic (exact) mass is 590 g/mol. The van der Waals surface area contributed by atoms with Crippen LogP contribution in [-0.2, 0) is 20.8 Å². The first kappa shape index (κ1) is 31.5. The van der Waals surface area contributed by atoms with Crippen molar-refractivity contribution in [3.05, 3.63) is 52.6 Å². The Morgan fingerprint density at radius 3 is 2.42 bits per heavy atom. The van der Waals surface area contributed by atoms with Crippen LogP contribution in [0.1, 0.15) is 67.1 Å². The fourth-order valence-electron chi connectivity index (χ4n) is 7.06. The van der Waals surface area contributed by atoms with E-state index in [2.05, 4.69) is 72.4 Å². The number of aryl methyl sites for hydroxylation is 1. The Kier molecular flexibility index (Phi) is 10.4. The fourth-order valence-corrected chi connectivity index (χ4v) is 7.06. The van der Waals surface area contributed by atoms with Crippen molar-refractivity contribution in [2.24, 2.45) is 11.8 Å². The van der Waals surface area contributed by atoms with Gasteiger partial charge in [-0.2, -0.15) is 0 Å². The minimum Gasteiger partial charge on any atom is -0.381 e. The van der Waals surface area contributed by atoms with E-state index in [0.717, 1.165) is 94.2 Å². The number of hydrogen-bond acceptors (Lipinski definition) is 6. The Labute approximate surface area is 257 Å². The number of carbonyl (C=O) groups is 2. The predicted molar refractivity (Wildman–Crippen MR) is 172 cm³/mol. The summed E-state index contributed by atoms with van der Waals surface area (Å²) in [6.07, 6.45) is 2.87. The van der Waals surface area contributed by atoms with E-state index >= 15 is 0 Å². The van der Waals surface area contributed by atoms with Crippen LogP contribution in [0.4, 0.5) is 5.69 Å². The summed E-state index contributed by atoms with van der Waals surface area (Å²) in [6, 6.07) is 11.5. The summed E-state index contributed by atoms with van der Waals surface area (Å²) in [5.74, 6) is -0.0980. The van der Waals surface area contributed by atoms with E-state index in [1.165, 1.54) is 11.1 Å². The third-order valence-corrected chi connectivity index (χ3v) is 9.70. The summed E-state index contributed by atoms with van der Waals surface area (Å²) in [7, 11) is 0. The molecule has 5 rings (SSSR count). The first-order valence-electron chi connectivity index (χ1n) is 16.2. The molecule has 8 nitrogen and oxygen atoms in total. The van der Waals surface area contributed by atoms with Crippen molar-refractivity contribution in [3.8, 4) is 11.1 Å². The van der Waals surface area contributed by atoms with Crippen LogP contribution >= 0.6 is 0 Å². The molecule has 0 spiro atoms. The summed E-state index contributed by atoms with van der Waals surface area (Å²) >= 11 is 0. The van der Waals surface area contributed by atoms with Gasteiger partial charge in [0.25, 0.3) is 5.91 Å². The van der Waals surface area contributed by atoms with Gasteiger partial charge in [0, 0.05) is 69.3 Å². The molecule has 0 aromatic heterocycles. The number of benzene rings is 2. The van der Waals surface area contributed by atoms with Crippen LogP contribution in [0.15, 0.2) is 30.3 Å². The minimum atomic E-state index is -0.223. The molecular weight excluding hydrogens is 540 g/mol. The van der Waals surface area contributed by atoms with Gasteiger partial charge in [0.05, 0.1) is 19.1 Å². The van der Waals surface area contributed by atoms with Gasteiger partial charge in [-0.25, -0.2) is 0 Å². The van der Waals surface area contributed by atoms with Crippen LogP contribution in [0.25, 0.3) is 11.1 Å². The van der Waals surface area contributed by atoms with Crippen molar-refractivity contribution in [1.82, 2.24) is 15.5 Å². The molecule has 2 aromatic rings. The van der Waals surface area contributed by atoms with E-state index < -0.39 is 0 Å². The van der Waals surface area contributed by atoms with Crippen molar-refractivity contribution >= 4 is 17.5 Å². The normalized spacial score (nSPS) is 23.6. The molecule has 43 heavy (non-hydrogen) atoms. The Hall–Kier alpha value is -2.94. The van der Waals surface area contributed by atoms with Crippen LogP contribution in [0.5, 0.6) is 0 Å². The molecule has 0 radical (unpaired) electrons. The molecule has 0 saturated carbocycles. The maximum Gasteiger partial charge on any atom is 0.251 e. The van der Waals surface area contributed by atoms with Gasteiger partial charge >= 0.3 is 0 Å². The zero-order valence-electron chi connectivity index (χ0n) is 26.7. The number of morpholine rings is 1. The van der Waals surface area contributed by atoms with E-state index in [0.29, 0.717) is 18.2 Å². The lowest BCUT2D eigenvalue weighted by Crippen LogP contribution is -2.50. The van der Waals surface area contributed by atoms with Gasteiger partial charge in [-0.3, -0.25) is 14.5 Å². The highest BCUT2D eigenvalue weighted by Gasteiger charge is 2.33. The smallest absolute Gasteiger partial charge is 0.251 e. The standard InChI is InChI=1S/C35H50N4O4/c1-6-39(30-9-13-42-14-10-30)33-20-29(27-7-8-28(23(2)18-27)22-38-11-15-43-16-12-38)19-31(26(33)5)34(40)36-21-32-24(3)17-25(4)37-35(32)41/h7-8,18-20,24-25,30,32H,6,9-17,21-22H2,1-5H3,(H,36,40)(H,37,41). The van der Waals surface area contributed by atoms with Gasteiger partial charge in [-0.15, -0.1) is 0 Å². The van der Waals surface area contributed by atoms with Crippen LogP contribution < -0.4 is 15.5 Å². The Balaban J connectivity index is 1.45. The molecule has 3 heterocycles. The number of anilines is 1. The number of carbonyl (C=O) groups excluding carboxylic acids is 2. The second kappa shape index (κ2) is 14.2. The molecule has 3 aliphatic heterocycles. The Morgan fingerprint density at radius 1 is 1.02 bits per heavy atom. The lowest BCUT2D eigenvalue weighted by Gasteiger charge is -2.37. The molecule has 3 atom stereocenters. The van der Waals surface area contributed by atoms with Crippen LogP contribution in [0, 0.1) is 25.7 Å². The molecule has 8 heteroatoms.